The zero-order chi connectivity index (χ0) is 10.7. The summed E-state index contributed by atoms with van der Waals surface area (Å²) in [7, 11) is -1.48. The van der Waals surface area contributed by atoms with E-state index >= 15 is 0 Å². The third-order valence-electron chi connectivity index (χ3n) is 1.76. The Morgan fingerprint density at radius 1 is 1.40 bits per heavy atom. The van der Waals surface area contributed by atoms with E-state index in [0.717, 1.165) is 5.56 Å². The minimum Gasteiger partial charge on any atom is -0.475 e. The number of rotatable bonds is 3. The van der Waals surface area contributed by atoms with Crippen LogP contribution in [0.2, 0.25) is 0 Å². The van der Waals surface area contributed by atoms with Crippen molar-refractivity contribution in [1.29, 1.82) is 0 Å². The molecule has 0 aliphatic rings. The normalized spacial score (nSPS) is 9.73. The van der Waals surface area contributed by atoms with E-state index in [9.17, 15) is 0 Å². The van der Waals surface area contributed by atoms with Gasteiger partial charge in [-0.1, -0.05) is 0 Å². The second kappa shape index (κ2) is 5.95. The van der Waals surface area contributed by atoms with Crippen molar-refractivity contribution in [2.45, 2.75) is 26.9 Å². The molecule has 0 radical (unpaired) electrons. The summed E-state index contributed by atoms with van der Waals surface area (Å²) in [5.74, 6) is 0.502. The fourth-order valence-corrected chi connectivity index (χ4v) is 1.12. The van der Waals surface area contributed by atoms with Gasteiger partial charge in [-0.2, -0.15) is 0 Å². The van der Waals surface area contributed by atoms with Crippen LogP contribution >= 0.6 is 12.4 Å². The second-order valence-electron chi connectivity index (χ2n) is 3.42. The molecule has 4 nitrogen and oxygen atoms in total. The van der Waals surface area contributed by atoms with E-state index in [1.54, 1.807) is 13.0 Å². The average Bonchev–Trinajstić information content (AvgIpc) is 2.01. The molecule has 0 spiro atoms. The smallest absolute Gasteiger partial charge is 0.475 e. The van der Waals surface area contributed by atoms with Gasteiger partial charge in [0.15, 0.2) is 0 Å². The van der Waals surface area contributed by atoms with Crippen LogP contribution in [-0.4, -0.2) is 28.3 Å². The van der Waals surface area contributed by atoms with Gasteiger partial charge in [0.05, 0.1) is 6.10 Å². The van der Waals surface area contributed by atoms with Crippen LogP contribution in [0.25, 0.3) is 0 Å². The van der Waals surface area contributed by atoms with Gasteiger partial charge >= 0.3 is 7.12 Å². The monoisotopic (exact) mass is 231 g/mol. The maximum absolute atomic E-state index is 8.95. The first-order valence-electron chi connectivity index (χ1n) is 4.50. The highest BCUT2D eigenvalue weighted by atomic mass is 35.5. The molecule has 0 atom stereocenters. The molecule has 0 saturated carbocycles. The van der Waals surface area contributed by atoms with Crippen LogP contribution in [-0.2, 0) is 0 Å². The molecule has 1 aromatic rings. The van der Waals surface area contributed by atoms with Crippen molar-refractivity contribution in [2.24, 2.45) is 0 Å². The largest absolute Gasteiger partial charge is 0.490 e. The van der Waals surface area contributed by atoms with Crippen molar-refractivity contribution < 1.29 is 14.8 Å². The summed E-state index contributed by atoms with van der Waals surface area (Å²) in [6.45, 7) is 5.60. The van der Waals surface area contributed by atoms with Gasteiger partial charge in [-0.25, -0.2) is 4.98 Å². The molecule has 0 amide bonds. The Morgan fingerprint density at radius 3 is 2.40 bits per heavy atom. The molecule has 0 bridgehead atoms. The van der Waals surface area contributed by atoms with Gasteiger partial charge in [0.1, 0.15) is 0 Å². The topological polar surface area (TPSA) is 62.6 Å². The Morgan fingerprint density at radius 2 is 2.00 bits per heavy atom. The number of hydrogen-bond donors (Lipinski definition) is 2. The number of ether oxygens (including phenoxy) is 1. The molecular formula is C9H15BClNO3. The van der Waals surface area contributed by atoms with Crippen molar-refractivity contribution in [3.8, 4) is 5.88 Å². The van der Waals surface area contributed by atoms with Gasteiger partial charge in [0.25, 0.3) is 0 Å². The van der Waals surface area contributed by atoms with E-state index in [2.05, 4.69) is 4.98 Å². The fraction of sp³-hybridized carbons (Fsp3) is 0.444. The molecule has 0 aromatic carbocycles. The van der Waals surface area contributed by atoms with Gasteiger partial charge in [0.2, 0.25) is 5.88 Å². The first-order valence-corrected chi connectivity index (χ1v) is 4.50. The Labute approximate surface area is 95.9 Å². The first kappa shape index (κ1) is 14.2. The third kappa shape index (κ3) is 4.07. The maximum atomic E-state index is 8.95. The number of aromatic nitrogens is 1. The van der Waals surface area contributed by atoms with E-state index in [1.807, 2.05) is 13.8 Å². The van der Waals surface area contributed by atoms with E-state index in [0.29, 0.717) is 11.3 Å². The summed E-state index contributed by atoms with van der Waals surface area (Å²) >= 11 is 0. The van der Waals surface area contributed by atoms with Crippen molar-refractivity contribution in [2.75, 3.05) is 0 Å². The van der Waals surface area contributed by atoms with Crippen molar-refractivity contribution in [3.63, 3.8) is 0 Å². The highest BCUT2D eigenvalue weighted by Gasteiger charge is 2.15. The van der Waals surface area contributed by atoms with E-state index in [-0.39, 0.29) is 18.5 Å². The summed E-state index contributed by atoms with van der Waals surface area (Å²) in [5, 5.41) is 17.9. The minimum atomic E-state index is -1.48. The Balaban J connectivity index is 0.00000196. The highest BCUT2D eigenvalue weighted by Crippen LogP contribution is 2.08. The van der Waals surface area contributed by atoms with Crippen LogP contribution < -0.4 is 10.2 Å². The van der Waals surface area contributed by atoms with Crippen LogP contribution in [0.3, 0.4) is 0 Å². The number of aryl methyl sites for hydroxylation is 1. The lowest BCUT2D eigenvalue weighted by Crippen LogP contribution is -2.32. The number of hydrogen-bond acceptors (Lipinski definition) is 4. The summed E-state index contributed by atoms with van der Waals surface area (Å²) in [6.07, 6.45) is 1.48. The molecule has 0 aliphatic heterocycles. The van der Waals surface area contributed by atoms with Crippen LogP contribution in [0.4, 0.5) is 0 Å². The van der Waals surface area contributed by atoms with Crippen LogP contribution in [0.5, 0.6) is 5.88 Å². The molecule has 1 rings (SSSR count). The number of halogens is 1. The molecule has 0 aliphatic carbocycles. The molecule has 0 unspecified atom stereocenters. The molecule has 0 fully saturated rings. The first-order chi connectivity index (χ1) is 6.50. The SMILES string of the molecule is Cc1cc(OC(C)C)ncc1B(O)O.Cl. The molecule has 84 valence electrons. The molecule has 15 heavy (non-hydrogen) atoms. The van der Waals surface area contributed by atoms with Gasteiger partial charge in [-0.3, -0.25) is 0 Å². The van der Waals surface area contributed by atoms with Gasteiger partial charge < -0.3 is 14.8 Å². The summed E-state index contributed by atoms with van der Waals surface area (Å²) in [6, 6.07) is 1.69. The Bertz CT molecular complexity index is 320. The Hall–Kier alpha value is -0.775. The molecule has 2 N–H and O–H groups in total. The average molecular weight is 231 g/mol. The lowest BCUT2D eigenvalue weighted by Gasteiger charge is -2.10. The van der Waals surface area contributed by atoms with Gasteiger partial charge in [-0.15, -0.1) is 12.4 Å². The van der Waals surface area contributed by atoms with E-state index < -0.39 is 7.12 Å². The van der Waals surface area contributed by atoms with Crippen LogP contribution in [0, 0.1) is 6.92 Å². The zero-order valence-electron chi connectivity index (χ0n) is 8.97. The lowest BCUT2D eigenvalue weighted by molar-refractivity contribution is 0.232. The maximum Gasteiger partial charge on any atom is 0.490 e. The molecule has 1 aromatic heterocycles. The summed E-state index contributed by atoms with van der Waals surface area (Å²) in [4.78, 5) is 3.96. The van der Waals surface area contributed by atoms with Crippen LogP contribution in [0.15, 0.2) is 12.3 Å². The fourth-order valence-electron chi connectivity index (χ4n) is 1.12. The zero-order valence-corrected chi connectivity index (χ0v) is 9.78. The highest BCUT2D eigenvalue weighted by molar-refractivity contribution is 6.59. The van der Waals surface area contributed by atoms with Crippen molar-refractivity contribution >= 4 is 25.0 Å². The van der Waals surface area contributed by atoms with Gasteiger partial charge in [-0.05, 0) is 26.3 Å². The predicted molar refractivity (Wildman–Crippen MR) is 61.8 cm³/mol. The van der Waals surface area contributed by atoms with Crippen molar-refractivity contribution in [3.05, 3.63) is 17.8 Å². The van der Waals surface area contributed by atoms with Crippen LogP contribution in [0.1, 0.15) is 19.4 Å². The number of nitrogens with zero attached hydrogens (tertiary/aromatic N) is 1. The quantitative estimate of drug-likeness (QED) is 0.734. The molecule has 0 saturated heterocycles. The van der Waals surface area contributed by atoms with E-state index in [1.165, 1.54) is 6.20 Å². The lowest BCUT2D eigenvalue weighted by atomic mass is 9.79. The standard InChI is InChI=1S/C9H14BNO3.ClH/c1-6(2)14-9-4-7(3)8(5-11-9)10(12)13;/h4-6,12-13H,1-3H3;1H. The molecular weight excluding hydrogens is 216 g/mol. The minimum absolute atomic E-state index is 0. The predicted octanol–water partition coefficient (Wildman–Crippen LogP) is 0.279. The summed E-state index contributed by atoms with van der Waals surface area (Å²) in [5.41, 5.74) is 1.16. The second-order valence-corrected chi connectivity index (χ2v) is 3.42. The molecule has 6 heteroatoms. The van der Waals surface area contributed by atoms with Gasteiger partial charge in [0, 0.05) is 17.7 Å². The third-order valence-corrected chi connectivity index (χ3v) is 1.76. The number of pyridine rings is 1. The van der Waals surface area contributed by atoms with Crippen molar-refractivity contribution in [1.82, 2.24) is 4.98 Å². The summed E-state index contributed by atoms with van der Waals surface area (Å²) < 4.78 is 5.36. The Kier molecular flexibility index (Phi) is 5.64. The molecule has 1 heterocycles. The van der Waals surface area contributed by atoms with E-state index in [4.69, 9.17) is 14.8 Å².